The zero-order valence-electron chi connectivity index (χ0n) is 29.3. The maximum atomic E-state index is 11.2. The number of carbonyl (C=O) groups excluding carboxylic acids is 2. The van der Waals surface area contributed by atoms with Crippen LogP contribution in [0, 0.1) is 0 Å². The van der Waals surface area contributed by atoms with Gasteiger partial charge >= 0.3 is 5.97 Å². The van der Waals surface area contributed by atoms with E-state index in [9.17, 15) is 9.59 Å². The first-order valence-corrected chi connectivity index (χ1v) is 16.6. The minimum Gasteiger partial charge on any atom is -0.491 e. The highest BCUT2D eigenvalue weighted by atomic mass is 16.6. The molecule has 0 unspecified atom stereocenters. The Kier molecular flexibility index (Phi) is 30.6. The van der Waals surface area contributed by atoms with Crippen molar-refractivity contribution in [3.8, 4) is 5.75 Å². The Bertz CT molecular complexity index is 934. The van der Waals surface area contributed by atoms with Gasteiger partial charge in [-0.25, -0.2) is 4.79 Å². The summed E-state index contributed by atoms with van der Waals surface area (Å²) >= 11 is 0. The van der Waals surface area contributed by atoms with Gasteiger partial charge < -0.3 is 62.2 Å². The molecule has 0 atom stereocenters. The SMILES string of the molecule is C=C(C)C(=O)OCCOCCOCCOCCOCCOCCOCCOCCOCCOCCOCCOc1ccc(NC(C)=O)cc1. The molecule has 0 saturated carbocycles. The van der Waals surface area contributed by atoms with Crippen LogP contribution in [-0.2, 0) is 61.7 Å². The Labute approximate surface area is 290 Å². The number of nitrogens with one attached hydrogen (secondary N) is 1. The number of rotatable bonds is 36. The van der Waals surface area contributed by atoms with Gasteiger partial charge in [0.05, 0.1) is 132 Å². The summed E-state index contributed by atoms with van der Waals surface area (Å²) in [5.74, 6) is 0.184. The number of benzene rings is 1. The smallest absolute Gasteiger partial charge is 0.333 e. The lowest BCUT2D eigenvalue weighted by Gasteiger charge is -2.09. The molecule has 0 aliphatic rings. The maximum absolute atomic E-state index is 11.2. The molecule has 1 aromatic rings. The summed E-state index contributed by atoms with van der Waals surface area (Å²) in [5.41, 5.74) is 1.09. The van der Waals surface area contributed by atoms with Crippen molar-refractivity contribution < 1.29 is 66.4 Å². The predicted molar refractivity (Wildman–Crippen MR) is 180 cm³/mol. The number of carbonyl (C=O) groups is 2. The Hall–Kier alpha value is -2.70. The van der Waals surface area contributed by atoms with Crippen LogP contribution in [0.4, 0.5) is 5.69 Å². The van der Waals surface area contributed by atoms with Crippen molar-refractivity contribution >= 4 is 17.6 Å². The topological polar surface area (TPSA) is 157 Å². The normalized spacial score (nSPS) is 11.1. The van der Waals surface area contributed by atoms with Gasteiger partial charge in [0.2, 0.25) is 5.91 Å². The van der Waals surface area contributed by atoms with Gasteiger partial charge in [0.15, 0.2) is 0 Å². The summed E-state index contributed by atoms with van der Waals surface area (Å²) in [7, 11) is 0. The zero-order chi connectivity index (χ0) is 35.5. The van der Waals surface area contributed by atoms with Crippen LogP contribution in [0.1, 0.15) is 13.8 Å². The Morgan fingerprint density at radius 1 is 0.469 bits per heavy atom. The van der Waals surface area contributed by atoms with Crippen LogP contribution in [0.15, 0.2) is 36.4 Å². The quantitative estimate of drug-likeness (QED) is 0.0617. The van der Waals surface area contributed by atoms with Crippen molar-refractivity contribution in [1.82, 2.24) is 0 Å². The molecule has 0 heterocycles. The van der Waals surface area contributed by atoms with E-state index in [0.29, 0.717) is 150 Å². The molecule has 0 bridgehead atoms. The summed E-state index contributed by atoms with van der Waals surface area (Å²) in [6.45, 7) is 16.5. The maximum Gasteiger partial charge on any atom is 0.333 e. The van der Waals surface area contributed by atoms with Crippen molar-refractivity contribution in [3.05, 3.63) is 36.4 Å². The third-order valence-corrected chi connectivity index (χ3v) is 5.83. The molecule has 0 saturated heterocycles. The molecular weight excluding hydrogens is 646 g/mol. The van der Waals surface area contributed by atoms with Gasteiger partial charge in [-0.3, -0.25) is 4.79 Å². The van der Waals surface area contributed by atoms with E-state index in [2.05, 4.69) is 11.9 Å². The number of esters is 1. The van der Waals surface area contributed by atoms with Crippen LogP contribution in [0.5, 0.6) is 5.75 Å². The summed E-state index contributed by atoms with van der Waals surface area (Å²) in [6.07, 6.45) is 0. The summed E-state index contributed by atoms with van der Waals surface area (Å²) in [5, 5.41) is 2.71. The fourth-order valence-corrected chi connectivity index (χ4v) is 3.45. The largest absolute Gasteiger partial charge is 0.491 e. The molecular formula is C34H57NO14. The van der Waals surface area contributed by atoms with Gasteiger partial charge in [-0.1, -0.05) is 6.58 Å². The molecule has 0 aliphatic heterocycles. The lowest BCUT2D eigenvalue weighted by Crippen LogP contribution is -2.15. The Morgan fingerprint density at radius 2 is 0.755 bits per heavy atom. The molecule has 1 aromatic carbocycles. The van der Waals surface area contributed by atoms with Crippen molar-refractivity contribution in [2.24, 2.45) is 0 Å². The summed E-state index contributed by atoms with van der Waals surface area (Å²) in [4.78, 5) is 22.2. The molecule has 49 heavy (non-hydrogen) atoms. The van der Waals surface area contributed by atoms with E-state index in [1.54, 1.807) is 31.2 Å². The number of hydrogen-bond acceptors (Lipinski definition) is 14. The minimum absolute atomic E-state index is 0.112. The van der Waals surface area contributed by atoms with Crippen molar-refractivity contribution in [1.29, 1.82) is 0 Å². The third-order valence-electron chi connectivity index (χ3n) is 5.83. The summed E-state index contributed by atoms with van der Waals surface area (Å²) < 4.78 is 65.0. The zero-order valence-corrected chi connectivity index (χ0v) is 29.3. The monoisotopic (exact) mass is 703 g/mol. The molecule has 15 nitrogen and oxygen atoms in total. The first-order valence-electron chi connectivity index (χ1n) is 16.6. The molecule has 1 N–H and O–H groups in total. The van der Waals surface area contributed by atoms with Gasteiger partial charge in [0.1, 0.15) is 19.0 Å². The molecule has 0 spiro atoms. The van der Waals surface area contributed by atoms with Crippen LogP contribution >= 0.6 is 0 Å². The number of ether oxygens (including phenoxy) is 12. The summed E-state index contributed by atoms with van der Waals surface area (Å²) in [6, 6.07) is 7.16. The van der Waals surface area contributed by atoms with Crippen molar-refractivity contribution in [3.63, 3.8) is 0 Å². The van der Waals surface area contributed by atoms with E-state index < -0.39 is 5.97 Å². The van der Waals surface area contributed by atoms with Crippen molar-refractivity contribution in [2.45, 2.75) is 13.8 Å². The van der Waals surface area contributed by atoms with Crippen LogP contribution in [0.3, 0.4) is 0 Å². The molecule has 0 radical (unpaired) electrons. The Morgan fingerprint density at radius 3 is 1.04 bits per heavy atom. The molecule has 0 aromatic heterocycles. The highest BCUT2D eigenvalue weighted by molar-refractivity contribution is 5.88. The van der Waals surface area contributed by atoms with E-state index in [1.165, 1.54) is 6.92 Å². The van der Waals surface area contributed by atoms with Crippen LogP contribution in [0.2, 0.25) is 0 Å². The molecule has 1 amide bonds. The second-order valence-corrected chi connectivity index (χ2v) is 10.1. The van der Waals surface area contributed by atoms with Gasteiger partial charge in [0.25, 0.3) is 0 Å². The Balaban J connectivity index is 1.66. The van der Waals surface area contributed by atoms with Gasteiger partial charge in [-0.15, -0.1) is 0 Å². The molecule has 0 fully saturated rings. The average Bonchev–Trinajstić information content (AvgIpc) is 3.08. The number of amides is 1. The number of hydrogen-bond donors (Lipinski definition) is 1. The lowest BCUT2D eigenvalue weighted by molar-refractivity contribution is -0.140. The lowest BCUT2D eigenvalue weighted by atomic mass is 10.3. The van der Waals surface area contributed by atoms with E-state index in [0.717, 1.165) is 5.69 Å². The van der Waals surface area contributed by atoms with E-state index in [1.807, 2.05) is 0 Å². The van der Waals surface area contributed by atoms with Crippen LogP contribution in [0.25, 0.3) is 0 Å². The fraction of sp³-hybridized carbons (Fsp3) is 0.706. The van der Waals surface area contributed by atoms with Gasteiger partial charge in [-0.2, -0.15) is 0 Å². The van der Waals surface area contributed by atoms with E-state index >= 15 is 0 Å². The van der Waals surface area contributed by atoms with Crippen LogP contribution < -0.4 is 10.1 Å². The predicted octanol–water partition coefficient (Wildman–Crippen LogP) is 2.31. The minimum atomic E-state index is -0.416. The molecule has 282 valence electrons. The molecule has 15 heteroatoms. The highest BCUT2D eigenvalue weighted by Crippen LogP contribution is 2.15. The van der Waals surface area contributed by atoms with E-state index in [4.69, 9.17) is 56.8 Å². The highest BCUT2D eigenvalue weighted by Gasteiger charge is 2.02. The standard InChI is InChI=1S/C34H57NO14/c1-30(2)34(37)49-29-27-47-25-23-45-21-19-43-17-15-41-13-11-39-9-8-38-10-12-40-14-16-42-18-20-44-22-24-46-26-28-48-33-6-4-32(5-7-33)35-31(3)36/h4-7H,1,8-29H2,2-3H3,(H,35,36). The first kappa shape index (κ1) is 44.3. The average molecular weight is 704 g/mol. The van der Waals surface area contributed by atoms with Crippen molar-refractivity contribution in [2.75, 3.05) is 151 Å². The molecule has 0 aliphatic carbocycles. The second-order valence-electron chi connectivity index (χ2n) is 10.1. The van der Waals surface area contributed by atoms with E-state index in [-0.39, 0.29) is 12.5 Å². The third kappa shape index (κ3) is 31.1. The number of anilines is 1. The fourth-order valence-electron chi connectivity index (χ4n) is 3.45. The first-order chi connectivity index (χ1) is 24.0. The molecule has 1 rings (SSSR count). The van der Waals surface area contributed by atoms with Gasteiger partial charge in [0, 0.05) is 18.2 Å². The second kappa shape index (κ2) is 33.8. The van der Waals surface area contributed by atoms with Crippen LogP contribution in [-0.4, -0.2) is 157 Å². The van der Waals surface area contributed by atoms with Gasteiger partial charge in [-0.05, 0) is 31.2 Å².